The summed E-state index contributed by atoms with van der Waals surface area (Å²) in [4.78, 5) is 11.4. The second-order valence-corrected chi connectivity index (χ2v) is 3.91. The van der Waals surface area contributed by atoms with Crippen molar-refractivity contribution in [2.24, 2.45) is 0 Å². The number of rotatable bonds is 2. The van der Waals surface area contributed by atoms with Crippen molar-refractivity contribution in [3.8, 4) is 12.3 Å². The summed E-state index contributed by atoms with van der Waals surface area (Å²) in [6, 6.07) is 3.36. The summed E-state index contributed by atoms with van der Waals surface area (Å²) in [5.41, 5.74) is -1.37. The predicted molar refractivity (Wildman–Crippen MR) is 56.9 cm³/mol. The first-order chi connectivity index (χ1) is 7.36. The molecule has 0 saturated carbocycles. The summed E-state index contributed by atoms with van der Waals surface area (Å²) >= 11 is 2.93. The van der Waals surface area contributed by atoms with Gasteiger partial charge in [-0.05, 0) is 18.2 Å². The van der Waals surface area contributed by atoms with Gasteiger partial charge >= 0.3 is 6.18 Å². The van der Waals surface area contributed by atoms with Gasteiger partial charge in [0.25, 0.3) is 0 Å². The Morgan fingerprint density at radius 3 is 2.56 bits per heavy atom. The van der Waals surface area contributed by atoms with Crippen LogP contribution in [0, 0.1) is 12.3 Å². The molecule has 0 aliphatic heterocycles. The Bertz CT molecular complexity index is 457. The van der Waals surface area contributed by atoms with E-state index in [0.717, 1.165) is 12.1 Å². The van der Waals surface area contributed by atoms with Gasteiger partial charge in [0.15, 0.2) is 5.78 Å². The van der Waals surface area contributed by atoms with E-state index in [-0.39, 0.29) is 10.9 Å². The lowest BCUT2D eigenvalue weighted by molar-refractivity contribution is -0.137. The molecule has 0 unspecified atom stereocenters. The average Bonchev–Trinajstić information content (AvgIpc) is 2.16. The van der Waals surface area contributed by atoms with Gasteiger partial charge in [-0.15, -0.1) is 6.42 Å². The minimum absolute atomic E-state index is 0.261. The Morgan fingerprint density at radius 2 is 2.06 bits per heavy atom. The molecule has 0 saturated heterocycles. The monoisotopic (exact) mass is 290 g/mol. The maximum Gasteiger partial charge on any atom is 0.417 e. The van der Waals surface area contributed by atoms with E-state index in [1.165, 1.54) is 6.07 Å². The number of ketones is 1. The second-order valence-electron chi connectivity index (χ2n) is 2.99. The molecule has 0 aromatic heterocycles. The summed E-state index contributed by atoms with van der Waals surface area (Å²) in [6.07, 6.45) is -0.0142. The van der Waals surface area contributed by atoms with Crippen molar-refractivity contribution in [3.63, 3.8) is 0 Å². The third-order valence-corrected chi connectivity index (χ3v) is 2.34. The molecular weight excluding hydrogens is 285 g/mol. The number of halogens is 4. The van der Waals surface area contributed by atoms with Gasteiger partial charge in [0.05, 0.1) is 12.0 Å². The zero-order valence-corrected chi connectivity index (χ0v) is 9.52. The highest BCUT2D eigenvalue weighted by atomic mass is 79.9. The molecule has 1 aromatic carbocycles. The standard InChI is InChI=1S/C11H6BrF3O/c1-2-3-10(16)8-5-4-7(12)6-9(8)11(13,14)15/h1,4-6H,3H2. The molecule has 16 heavy (non-hydrogen) atoms. The van der Waals surface area contributed by atoms with Gasteiger partial charge in [0.2, 0.25) is 0 Å². The lowest BCUT2D eigenvalue weighted by atomic mass is 10.0. The Hall–Kier alpha value is -1.28. The third-order valence-electron chi connectivity index (χ3n) is 1.85. The highest BCUT2D eigenvalue weighted by Gasteiger charge is 2.35. The average molecular weight is 291 g/mol. The molecule has 0 N–H and O–H groups in total. The maximum absolute atomic E-state index is 12.6. The Balaban J connectivity index is 3.30. The molecule has 0 heterocycles. The van der Waals surface area contributed by atoms with Gasteiger partial charge < -0.3 is 0 Å². The van der Waals surface area contributed by atoms with Crippen LogP contribution in [-0.2, 0) is 6.18 Å². The van der Waals surface area contributed by atoms with E-state index >= 15 is 0 Å². The molecule has 0 aliphatic carbocycles. The first kappa shape index (κ1) is 12.8. The quantitative estimate of drug-likeness (QED) is 0.600. The van der Waals surface area contributed by atoms with Crippen LogP contribution in [0.4, 0.5) is 13.2 Å². The van der Waals surface area contributed by atoms with E-state index in [9.17, 15) is 18.0 Å². The fourth-order valence-electron chi connectivity index (χ4n) is 1.18. The summed E-state index contributed by atoms with van der Waals surface area (Å²) in [6.45, 7) is 0. The van der Waals surface area contributed by atoms with Crippen molar-refractivity contribution in [2.75, 3.05) is 0 Å². The molecule has 0 spiro atoms. The Kier molecular flexibility index (Phi) is 3.76. The molecule has 1 rings (SSSR count). The van der Waals surface area contributed by atoms with E-state index in [1.807, 2.05) is 5.92 Å². The molecule has 0 bridgehead atoms. The number of hydrogen-bond acceptors (Lipinski definition) is 1. The molecule has 0 radical (unpaired) electrons. The number of benzene rings is 1. The zero-order valence-electron chi connectivity index (χ0n) is 7.94. The fourth-order valence-corrected chi connectivity index (χ4v) is 1.54. The van der Waals surface area contributed by atoms with Crippen LogP contribution in [0.3, 0.4) is 0 Å². The summed E-state index contributed by atoms with van der Waals surface area (Å²) in [7, 11) is 0. The van der Waals surface area contributed by atoms with Gasteiger partial charge in [0, 0.05) is 10.0 Å². The van der Waals surface area contributed by atoms with E-state index in [2.05, 4.69) is 15.9 Å². The fraction of sp³-hybridized carbons (Fsp3) is 0.182. The Morgan fingerprint density at radius 1 is 1.44 bits per heavy atom. The van der Waals surface area contributed by atoms with Crippen LogP contribution in [0.2, 0.25) is 0 Å². The lowest BCUT2D eigenvalue weighted by Crippen LogP contribution is -2.12. The first-order valence-electron chi connectivity index (χ1n) is 4.19. The van der Waals surface area contributed by atoms with Crippen molar-refractivity contribution in [2.45, 2.75) is 12.6 Å². The first-order valence-corrected chi connectivity index (χ1v) is 4.99. The van der Waals surface area contributed by atoms with Gasteiger partial charge in [0.1, 0.15) is 0 Å². The van der Waals surface area contributed by atoms with Crippen molar-refractivity contribution >= 4 is 21.7 Å². The SMILES string of the molecule is C#CCC(=O)c1ccc(Br)cc1C(F)(F)F. The normalized spacial score (nSPS) is 10.9. The maximum atomic E-state index is 12.6. The van der Waals surface area contributed by atoms with Crippen LogP contribution in [0.15, 0.2) is 22.7 Å². The van der Waals surface area contributed by atoms with Crippen molar-refractivity contribution < 1.29 is 18.0 Å². The molecule has 1 aromatic rings. The number of hydrogen-bond donors (Lipinski definition) is 0. The van der Waals surface area contributed by atoms with Crippen LogP contribution < -0.4 is 0 Å². The third kappa shape index (κ3) is 2.86. The number of carbonyl (C=O) groups excluding carboxylic acids is 1. The van der Waals surface area contributed by atoms with Crippen molar-refractivity contribution in [1.82, 2.24) is 0 Å². The molecule has 84 valence electrons. The van der Waals surface area contributed by atoms with Gasteiger partial charge in [-0.1, -0.05) is 21.9 Å². The Labute approximate surface area is 98.8 Å². The molecule has 1 nitrogen and oxygen atoms in total. The highest BCUT2D eigenvalue weighted by molar-refractivity contribution is 9.10. The van der Waals surface area contributed by atoms with Crippen molar-refractivity contribution in [1.29, 1.82) is 0 Å². The minimum atomic E-state index is -4.57. The van der Waals surface area contributed by atoms with Gasteiger partial charge in [-0.2, -0.15) is 13.2 Å². The van der Waals surface area contributed by atoms with E-state index in [0.29, 0.717) is 0 Å². The lowest BCUT2D eigenvalue weighted by Gasteiger charge is -2.11. The van der Waals surface area contributed by atoms with Crippen LogP contribution in [-0.4, -0.2) is 5.78 Å². The molecular formula is C11H6BrF3O. The smallest absolute Gasteiger partial charge is 0.293 e. The minimum Gasteiger partial charge on any atom is -0.293 e. The molecule has 0 fully saturated rings. The topological polar surface area (TPSA) is 17.1 Å². The van der Waals surface area contributed by atoms with Gasteiger partial charge in [-0.25, -0.2) is 0 Å². The molecule has 0 atom stereocenters. The largest absolute Gasteiger partial charge is 0.417 e. The molecule has 0 amide bonds. The van der Waals surface area contributed by atoms with Crippen LogP contribution >= 0.6 is 15.9 Å². The number of carbonyl (C=O) groups is 1. The zero-order chi connectivity index (χ0) is 12.3. The van der Waals surface area contributed by atoms with Crippen LogP contribution in [0.25, 0.3) is 0 Å². The van der Waals surface area contributed by atoms with Crippen LogP contribution in [0.1, 0.15) is 22.3 Å². The molecule has 0 aliphatic rings. The summed E-state index contributed by atoms with van der Waals surface area (Å²) in [5, 5.41) is 0. The van der Waals surface area contributed by atoms with Gasteiger partial charge in [-0.3, -0.25) is 4.79 Å². The van der Waals surface area contributed by atoms with Crippen molar-refractivity contribution in [3.05, 3.63) is 33.8 Å². The predicted octanol–water partition coefficient (Wildman–Crippen LogP) is 3.67. The second kappa shape index (κ2) is 4.71. The number of terminal acetylenes is 1. The van der Waals surface area contributed by atoms with E-state index < -0.39 is 23.1 Å². The summed E-state index contributed by atoms with van der Waals surface area (Å²) < 4.78 is 38.1. The number of alkyl halides is 3. The van der Waals surface area contributed by atoms with Crippen LogP contribution in [0.5, 0.6) is 0 Å². The summed E-state index contributed by atoms with van der Waals surface area (Å²) in [5.74, 6) is 1.32. The number of Topliss-reactive ketones (excluding diaryl/α,β-unsaturated/α-hetero) is 1. The van der Waals surface area contributed by atoms with E-state index in [1.54, 1.807) is 0 Å². The molecule has 5 heteroatoms. The highest BCUT2D eigenvalue weighted by Crippen LogP contribution is 2.34. The van der Waals surface area contributed by atoms with E-state index in [4.69, 9.17) is 6.42 Å².